The lowest BCUT2D eigenvalue weighted by molar-refractivity contribution is -0.153. The minimum absolute atomic E-state index is 0.0763. The van der Waals surface area contributed by atoms with Gasteiger partial charge < -0.3 is 10.2 Å². The normalized spacial score (nSPS) is 27.9. The van der Waals surface area contributed by atoms with Crippen LogP contribution in [0.2, 0.25) is 0 Å². The first-order valence-corrected chi connectivity index (χ1v) is 7.76. The zero-order valence-electron chi connectivity index (χ0n) is 12.3. The second-order valence-electron chi connectivity index (χ2n) is 5.85. The van der Waals surface area contributed by atoms with Gasteiger partial charge in [0.1, 0.15) is 12.1 Å². The monoisotopic (exact) mass is 266 g/mol. The lowest BCUT2D eigenvalue weighted by Gasteiger charge is -2.43. The maximum atomic E-state index is 12.7. The highest BCUT2D eigenvalue weighted by Gasteiger charge is 2.49. The van der Waals surface area contributed by atoms with Crippen molar-refractivity contribution in [1.82, 2.24) is 10.2 Å². The predicted octanol–water partition coefficient (Wildman–Crippen LogP) is 2.08. The molecule has 2 atom stereocenters. The Morgan fingerprint density at radius 1 is 1.21 bits per heavy atom. The number of hydrogen-bond donors (Lipinski definition) is 1. The number of rotatable bonds is 6. The van der Waals surface area contributed by atoms with Crippen molar-refractivity contribution in [3.8, 4) is 0 Å². The quantitative estimate of drug-likeness (QED) is 0.800. The number of nitrogens with one attached hydrogen (secondary N) is 1. The first kappa shape index (κ1) is 14.4. The molecule has 0 radical (unpaired) electrons. The van der Waals surface area contributed by atoms with Crippen LogP contribution in [-0.2, 0) is 9.59 Å². The second-order valence-corrected chi connectivity index (χ2v) is 5.85. The lowest BCUT2D eigenvalue weighted by atomic mass is 9.96. The SMILES string of the molecule is CCCC1NC(=O)C(C2CC2)N(C(CC)CC)C1=O. The van der Waals surface area contributed by atoms with Crippen LogP contribution in [-0.4, -0.2) is 34.8 Å². The fourth-order valence-electron chi connectivity index (χ4n) is 3.19. The molecule has 2 amide bonds. The van der Waals surface area contributed by atoms with Crippen LogP contribution in [0.15, 0.2) is 0 Å². The minimum Gasteiger partial charge on any atom is -0.342 e. The molecule has 2 rings (SSSR count). The molecule has 108 valence electrons. The molecule has 2 aliphatic rings. The number of hydrogen-bond acceptors (Lipinski definition) is 2. The highest BCUT2D eigenvalue weighted by molar-refractivity contribution is 5.97. The number of carbonyl (C=O) groups is 2. The number of amides is 2. The molecule has 2 fully saturated rings. The third-order valence-corrected chi connectivity index (χ3v) is 4.42. The topological polar surface area (TPSA) is 49.4 Å². The van der Waals surface area contributed by atoms with E-state index in [9.17, 15) is 9.59 Å². The molecular formula is C15H26N2O2. The highest BCUT2D eigenvalue weighted by atomic mass is 16.2. The van der Waals surface area contributed by atoms with E-state index in [1.54, 1.807) is 0 Å². The van der Waals surface area contributed by atoms with Gasteiger partial charge in [0.15, 0.2) is 0 Å². The standard InChI is InChI=1S/C15H26N2O2/c1-4-7-12-15(19)17(11(5-2)6-3)13(10-8-9-10)14(18)16-12/h10-13H,4-9H2,1-3H3,(H,16,18). The maximum absolute atomic E-state index is 12.7. The first-order valence-electron chi connectivity index (χ1n) is 7.76. The molecule has 0 bridgehead atoms. The van der Waals surface area contributed by atoms with Gasteiger partial charge in [-0.25, -0.2) is 0 Å². The van der Waals surface area contributed by atoms with E-state index in [-0.39, 0.29) is 29.9 Å². The van der Waals surface area contributed by atoms with E-state index in [0.29, 0.717) is 5.92 Å². The Hall–Kier alpha value is -1.06. The summed E-state index contributed by atoms with van der Waals surface area (Å²) in [4.78, 5) is 26.9. The summed E-state index contributed by atoms with van der Waals surface area (Å²) in [7, 11) is 0. The molecule has 4 nitrogen and oxygen atoms in total. The molecule has 4 heteroatoms. The van der Waals surface area contributed by atoms with Crippen molar-refractivity contribution in [1.29, 1.82) is 0 Å². The summed E-state index contributed by atoms with van der Waals surface area (Å²) in [6.45, 7) is 6.26. The van der Waals surface area contributed by atoms with Gasteiger partial charge in [-0.1, -0.05) is 27.2 Å². The van der Waals surface area contributed by atoms with Crippen LogP contribution in [0, 0.1) is 5.92 Å². The lowest BCUT2D eigenvalue weighted by Crippen LogP contribution is -2.66. The van der Waals surface area contributed by atoms with Gasteiger partial charge >= 0.3 is 0 Å². The van der Waals surface area contributed by atoms with E-state index in [1.807, 2.05) is 11.8 Å². The molecule has 1 saturated carbocycles. The highest BCUT2D eigenvalue weighted by Crippen LogP contribution is 2.38. The fourth-order valence-corrected chi connectivity index (χ4v) is 3.19. The average molecular weight is 266 g/mol. The van der Waals surface area contributed by atoms with Gasteiger partial charge in [0.05, 0.1) is 0 Å². The maximum Gasteiger partial charge on any atom is 0.246 e. The Labute approximate surface area is 115 Å². The summed E-state index contributed by atoms with van der Waals surface area (Å²) >= 11 is 0. The summed E-state index contributed by atoms with van der Waals surface area (Å²) in [6, 6.07) is -0.290. The third kappa shape index (κ3) is 2.77. The number of piperazine rings is 1. The second kappa shape index (κ2) is 5.93. The molecule has 1 saturated heterocycles. The zero-order valence-corrected chi connectivity index (χ0v) is 12.3. The molecule has 1 heterocycles. The first-order chi connectivity index (χ1) is 9.13. The van der Waals surface area contributed by atoms with Gasteiger partial charge in [-0.05, 0) is 38.0 Å². The van der Waals surface area contributed by atoms with E-state index in [0.717, 1.165) is 38.5 Å². The van der Waals surface area contributed by atoms with Crippen LogP contribution < -0.4 is 5.32 Å². The van der Waals surface area contributed by atoms with Gasteiger partial charge in [-0.3, -0.25) is 9.59 Å². The molecule has 0 aromatic carbocycles. The fraction of sp³-hybridized carbons (Fsp3) is 0.867. The van der Waals surface area contributed by atoms with E-state index in [1.165, 1.54) is 0 Å². The average Bonchev–Trinajstić information content (AvgIpc) is 3.20. The van der Waals surface area contributed by atoms with Crippen molar-refractivity contribution in [2.75, 3.05) is 0 Å². The molecular weight excluding hydrogens is 240 g/mol. The minimum atomic E-state index is -0.298. The largest absolute Gasteiger partial charge is 0.342 e. The van der Waals surface area contributed by atoms with Gasteiger partial charge in [0, 0.05) is 6.04 Å². The van der Waals surface area contributed by atoms with Crippen molar-refractivity contribution < 1.29 is 9.59 Å². The van der Waals surface area contributed by atoms with Crippen molar-refractivity contribution >= 4 is 11.8 Å². The van der Waals surface area contributed by atoms with Crippen LogP contribution in [0.3, 0.4) is 0 Å². The number of nitrogens with zero attached hydrogens (tertiary/aromatic N) is 1. The Kier molecular flexibility index (Phi) is 4.48. The van der Waals surface area contributed by atoms with Gasteiger partial charge in [-0.15, -0.1) is 0 Å². The smallest absolute Gasteiger partial charge is 0.246 e. The van der Waals surface area contributed by atoms with Crippen molar-refractivity contribution in [3.63, 3.8) is 0 Å². The zero-order chi connectivity index (χ0) is 14.0. The Morgan fingerprint density at radius 3 is 2.32 bits per heavy atom. The molecule has 0 spiro atoms. The van der Waals surface area contributed by atoms with Crippen LogP contribution in [0.4, 0.5) is 0 Å². The Balaban J connectivity index is 2.23. The molecule has 1 N–H and O–H groups in total. The molecule has 19 heavy (non-hydrogen) atoms. The van der Waals surface area contributed by atoms with E-state index >= 15 is 0 Å². The third-order valence-electron chi connectivity index (χ3n) is 4.42. The van der Waals surface area contributed by atoms with Crippen LogP contribution in [0.5, 0.6) is 0 Å². The number of carbonyl (C=O) groups excluding carboxylic acids is 2. The predicted molar refractivity (Wildman–Crippen MR) is 74.6 cm³/mol. The summed E-state index contributed by atoms with van der Waals surface area (Å²) in [5.41, 5.74) is 0. The van der Waals surface area contributed by atoms with E-state index in [2.05, 4.69) is 19.2 Å². The van der Waals surface area contributed by atoms with Crippen LogP contribution in [0.1, 0.15) is 59.3 Å². The van der Waals surface area contributed by atoms with Crippen LogP contribution in [0.25, 0.3) is 0 Å². The molecule has 0 aromatic heterocycles. The summed E-state index contributed by atoms with van der Waals surface area (Å²) in [5.74, 6) is 0.617. The van der Waals surface area contributed by atoms with E-state index in [4.69, 9.17) is 0 Å². The molecule has 2 unspecified atom stereocenters. The summed E-state index contributed by atoms with van der Waals surface area (Å²) in [6.07, 6.45) is 5.69. The molecule has 1 aliphatic heterocycles. The van der Waals surface area contributed by atoms with Crippen molar-refractivity contribution in [2.45, 2.75) is 77.4 Å². The Morgan fingerprint density at radius 2 is 1.84 bits per heavy atom. The molecule has 0 aromatic rings. The summed E-state index contributed by atoms with van der Waals surface area (Å²) in [5, 5.41) is 2.94. The van der Waals surface area contributed by atoms with Crippen molar-refractivity contribution in [3.05, 3.63) is 0 Å². The molecule has 1 aliphatic carbocycles. The van der Waals surface area contributed by atoms with Gasteiger partial charge in [0.2, 0.25) is 11.8 Å². The summed E-state index contributed by atoms with van der Waals surface area (Å²) < 4.78 is 0. The van der Waals surface area contributed by atoms with Crippen LogP contribution >= 0.6 is 0 Å². The van der Waals surface area contributed by atoms with Gasteiger partial charge in [0.25, 0.3) is 0 Å². The van der Waals surface area contributed by atoms with E-state index < -0.39 is 0 Å². The van der Waals surface area contributed by atoms with Gasteiger partial charge in [-0.2, -0.15) is 0 Å². The van der Waals surface area contributed by atoms with Crippen molar-refractivity contribution in [2.24, 2.45) is 5.92 Å². The Bertz CT molecular complexity index is 348.